The van der Waals surface area contributed by atoms with Gasteiger partial charge in [-0.25, -0.2) is 0 Å². The van der Waals surface area contributed by atoms with Crippen molar-refractivity contribution in [3.63, 3.8) is 0 Å². The first-order valence-electron chi connectivity index (χ1n) is 6.92. The number of benzene rings is 1. The van der Waals surface area contributed by atoms with E-state index in [4.69, 9.17) is 0 Å². The average molecular weight is 242 g/mol. The van der Waals surface area contributed by atoms with Crippen LogP contribution < -0.4 is 0 Å². The predicted octanol–water partition coefficient (Wildman–Crippen LogP) is 5.62. The summed E-state index contributed by atoms with van der Waals surface area (Å²) in [6.45, 7) is 8.73. The van der Waals surface area contributed by atoms with E-state index in [1.807, 2.05) is 0 Å². The Morgan fingerprint density at radius 1 is 1.06 bits per heavy atom. The molecule has 0 atom stereocenters. The summed E-state index contributed by atoms with van der Waals surface area (Å²) >= 11 is 0. The third-order valence-electron chi connectivity index (χ3n) is 3.10. The molecule has 1 aromatic carbocycles. The van der Waals surface area contributed by atoms with Gasteiger partial charge in [0.05, 0.1) is 0 Å². The fourth-order valence-corrected chi connectivity index (χ4v) is 2.04. The molecular weight excluding hydrogens is 216 g/mol. The lowest BCUT2D eigenvalue weighted by atomic mass is 10.0. The molecule has 0 saturated carbocycles. The normalized spacial score (nSPS) is 11.4. The third kappa shape index (κ3) is 6.44. The van der Waals surface area contributed by atoms with Crippen molar-refractivity contribution in [3.8, 4) is 0 Å². The van der Waals surface area contributed by atoms with Crippen molar-refractivity contribution in [2.45, 2.75) is 53.4 Å². The van der Waals surface area contributed by atoms with Gasteiger partial charge in [0, 0.05) is 0 Å². The van der Waals surface area contributed by atoms with Gasteiger partial charge < -0.3 is 0 Å². The molecule has 0 nitrogen and oxygen atoms in total. The molecular formula is C18H26. The largest absolute Gasteiger partial charge is 0.0856 e. The molecule has 0 unspecified atom stereocenters. The molecule has 0 heteroatoms. The van der Waals surface area contributed by atoms with Gasteiger partial charge in [0.2, 0.25) is 0 Å². The van der Waals surface area contributed by atoms with Crippen LogP contribution in [0.25, 0.3) is 0 Å². The highest BCUT2D eigenvalue weighted by Crippen LogP contribution is 2.11. The minimum atomic E-state index is 1.15. The molecule has 0 N–H and O–H groups in total. The van der Waals surface area contributed by atoms with E-state index in [9.17, 15) is 0 Å². The number of aryl methyl sites for hydroxylation is 2. The molecule has 0 heterocycles. The van der Waals surface area contributed by atoms with Crippen molar-refractivity contribution in [2.75, 3.05) is 0 Å². The molecule has 0 aliphatic heterocycles. The van der Waals surface area contributed by atoms with Gasteiger partial charge in [0.25, 0.3) is 0 Å². The van der Waals surface area contributed by atoms with E-state index in [0.717, 1.165) is 12.8 Å². The Morgan fingerprint density at radius 3 is 2.50 bits per heavy atom. The Morgan fingerprint density at radius 2 is 1.83 bits per heavy atom. The van der Waals surface area contributed by atoms with Gasteiger partial charge in [-0.05, 0) is 58.9 Å². The molecule has 1 rings (SSSR count). The first-order chi connectivity index (χ1) is 8.58. The Balaban J connectivity index is 2.33. The Bertz CT molecular complexity index is 417. The molecule has 0 amide bonds. The minimum absolute atomic E-state index is 1.15. The average Bonchev–Trinajstić information content (AvgIpc) is 2.28. The summed E-state index contributed by atoms with van der Waals surface area (Å²) in [4.78, 5) is 0. The molecule has 98 valence electrons. The maximum atomic E-state index is 2.39. The molecule has 0 aliphatic carbocycles. The lowest BCUT2D eigenvalue weighted by molar-refractivity contribution is 0.925. The van der Waals surface area contributed by atoms with E-state index in [-0.39, 0.29) is 0 Å². The minimum Gasteiger partial charge on any atom is -0.0856 e. The summed E-state index contributed by atoms with van der Waals surface area (Å²) in [6, 6.07) is 8.81. The quantitative estimate of drug-likeness (QED) is 0.568. The van der Waals surface area contributed by atoms with Crippen LogP contribution in [0.1, 0.15) is 51.2 Å². The molecule has 0 aromatic heterocycles. The van der Waals surface area contributed by atoms with E-state index >= 15 is 0 Å². The van der Waals surface area contributed by atoms with Crippen molar-refractivity contribution in [3.05, 3.63) is 58.7 Å². The molecule has 0 fully saturated rings. The van der Waals surface area contributed by atoms with Crippen LogP contribution in [0.15, 0.2) is 47.6 Å². The summed E-state index contributed by atoms with van der Waals surface area (Å²) in [5, 5.41) is 0. The van der Waals surface area contributed by atoms with Crippen LogP contribution in [0.3, 0.4) is 0 Å². The molecule has 0 radical (unpaired) electrons. The highest BCUT2D eigenvalue weighted by molar-refractivity contribution is 5.22. The zero-order chi connectivity index (χ0) is 13.4. The SMILES string of the molecule is CC(C)=CCC/C(C)=C/CCc1cccc(C)c1. The molecule has 0 bridgehead atoms. The zero-order valence-electron chi connectivity index (χ0n) is 12.3. The van der Waals surface area contributed by atoms with Gasteiger partial charge in [-0.1, -0.05) is 53.1 Å². The van der Waals surface area contributed by atoms with E-state index in [0.29, 0.717) is 0 Å². The van der Waals surface area contributed by atoms with Gasteiger partial charge in [-0.15, -0.1) is 0 Å². The fraction of sp³-hybridized carbons (Fsp3) is 0.444. The van der Waals surface area contributed by atoms with Crippen molar-refractivity contribution in [1.29, 1.82) is 0 Å². The Kier molecular flexibility index (Phi) is 6.49. The Hall–Kier alpha value is -1.30. The van der Waals surface area contributed by atoms with Gasteiger partial charge in [-0.2, -0.15) is 0 Å². The van der Waals surface area contributed by atoms with Crippen LogP contribution in [0.5, 0.6) is 0 Å². The molecule has 0 aliphatic rings. The van der Waals surface area contributed by atoms with Crippen molar-refractivity contribution >= 4 is 0 Å². The highest BCUT2D eigenvalue weighted by atomic mass is 14.0. The fourth-order valence-electron chi connectivity index (χ4n) is 2.04. The van der Waals surface area contributed by atoms with Gasteiger partial charge >= 0.3 is 0 Å². The smallest absolute Gasteiger partial charge is 0.0244 e. The summed E-state index contributed by atoms with van der Waals surface area (Å²) in [5.74, 6) is 0. The van der Waals surface area contributed by atoms with Crippen LogP contribution in [-0.4, -0.2) is 0 Å². The van der Waals surface area contributed by atoms with Gasteiger partial charge in [0.1, 0.15) is 0 Å². The van der Waals surface area contributed by atoms with Crippen molar-refractivity contribution in [2.24, 2.45) is 0 Å². The van der Waals surface area contributed by atoms with Crippen LogP contribution >= 0.6 is 0 Å². The van der Waals surface area contributed by atoms with E-state index in [1.165, 1.54) is 35.1 Å². The van der Waals surface area contributed by atoms with Gasteiger partial charge in [-0.3, -0.25) is 0 Å². The second-order valence-electron chi connectivity index (χ2n) is 5.40. The molecule has 1 aromatic rings. The summed E-state index contributed by atoms with van der Waals surface area (Å²) in [7, 11) is 0. The maximum absolute atomic E-state index is 2.39. The third-order valence-corrected chi connectivity index (χ3v) is 3.10. The molecule has 18 heavy (non-hydrogen) atoms. The van der Waals surface area contributed by atoms with Crippen molar-refractivity contribution in [1.82, 2.24) is 0 Å². The van der Waals surface area contributed by atoms with Crippen LogP contribution in [0.4, 0.5) is 0 Å². The standard InChI is InChI=1S/C18H26/c1-15(2)8-5-9-16(3)10-6-12-18-13-7-11-17(4)14-18/h7-8,10-11,13-14H,5-6,9,12H2,1-4H3/b16-10+. The number of hydrogen-bond donors (Lipinski definition) is 0. The lowest BCUT2D eigenvalue weighted by Gasteiger charge is -2.02. The second kappa shape index (κ2) is 7.92. The monoisotopic (exact) mass is 242 g/mol. The topological polar surface area (TPSA) is 0 Å². The second-order valence-corrected chi connectivity index (χ2v) is 5.40. The summed E-state index contributed by atoms with van der Waals surface area (Å²) < 4.78 is 0. The summed E-state index contributed by atoms with van der Waals surface area (Å²) in [5.41, 5.74) is 5.74. The lowest BCUT2D eigenvalue weighted by Crippen LogP contribution is -1.85. The van der Waals surface area contributed by atoms with Crippen LogP contribution in [-0.2, 0) is 6.42 Å². The van der Waals surface area contributed by atoms with Crippen LogP contribution in [0.2, 0.25) is 0 Å². The highest BCUT2D eigenvalue weighted by Gasteiger charge is 1.93. The van der Waals surface area contributed by atoms with Crippen LogP contribution in [0, 0.1) is 6.92 Å². The maximum Gasteiger partial charge on any atom is -0.0244 e. The van der Waals surface area contributed by atoms with E-state index in [2.05, 4.69) is 64.1 Å². The van der Waals surface area contributed by atoms with Gasteiger partial charge in [0.15, 0.2) is 0 Å². The first-order valence-corrected chi connectivity index (χ1v) is 6.92. The molecule has 0 spiro atoms. The zero-order valence-corrected chi connectivity index (χ0v) is 12.3. The summed E-state index contributed by atoms with van der Waals surface area (Å²) in [6.07, 6.45) is 9.39. The van der Waals surface area contributed by atoms with E-state index in [1.54, 1.807) is 0 Å². The number of rotatable bonds is 6. The van der Waals surface area contributed by atoms with Crippen molar-refractivity contribution < 1.29 is 0 Å². The first kappa shape index (κ1) is 14.8. The predicted molar refractivity (Wildman–Crippen MR) is 81.9 cm³/mol. The van der Waals surface area contributed by atoms with E-state index < -0.39 is 0 Å². The Labute approximate surface area is 112 Å². The number of hydrogen-bond acceptors (Lipinski definition) is 0. The number of allylic oxidation sites excluding steroid dienone is 4. The molecule has 0 saturated heterocycles.